The molecule has 20 heavy (non-hydrogen) atoms. The number of nitrogens with zero attached hydrogens (tertiary/aromatic N) is 3. The van der Waals surface area contributed by atoms with Gasteiger partial charge in [-0.2, -0.15) is 0 Å². The average molecular weight is 283 g/mol. The molecule has 2 aromatic heterocycles. The molecule has 0 fully saturated rings. The van der Waals surface area contributed by atoms with Gasteiger partial charge in [-0.25, -0.2) is 4.98 Å². The normalized spacial score (nSPS) is 10.4. The van der Waals surface area contributed by atoms with Crippen LogP contribution in [-0.2, 0) is 0 Å². The number of aromatic nitrogens is 2. The van der Waals surface area contributed by atoms with Crippen molar-refractivity contribution in [1.82, 2.24) is 9.55 Å². The minimum atomic E-state index is -0.0565. The van der Waals surface area contributed by atoms with Gasteiger partial charge in [0.1, 0.15) is 0 Å². The molecule has 2 heterocycles. The number of carbonyl (C=O) groups is 1. The minimum absolute atomic E-state index is 0.0565. The molecule has 0 atom stereocenters. The monoisotopic (exact) mass is 283 g/mol. The highest BCUT2D eigenvalue weighted by Crippen LogP contribution is 2.19. The number of thiazole rings is 1. The first-order valence-electron chi connectivity index (χ1n) is 6.16. The van der Waals surface area contributed by atoms with E-state index in [1.807, 2.05) is 58.7 Å². The Labute approximate surface area is 120 Å². The van der Waals surface area contributed by atoms with Gasteiger partial charge in [0.15, 0.2) is 5.13 Å². The van der Waals surface area contributed by atoms with Crippen LogP contribution in [0.4, 0.5) is 5.13 Å². The lowest BCUT2D eigenvalue weighted by molar-refractivity contribution is 0.0993. The van der Waals surface area contributed by atoms with Crippen molar-refractivity contribution in [3.63, 3.8) is 0 Å². The number of hydrogen-bond donors (Lipinski definition) is 0. The van der Waals surface area contributed by atoms with E-state index in [1.165, 1.54) is 11.3 Å². The number of hydrogen-bond acceptors (Lipinski definition) is 3. The van der Waals surface area contributed by atoms with Crippen molar-refractivity contribution < 1.29 is 4.79 Å². The fourth-order valence-electron chi connectivity index (χ4n) is 1.94. The summed E-state index contributed by atoms with van der Waals surface area (Å²) in [6.45, 7) is 0. The molecule has 100 valence electrons. The van der Waals surface area contributed by atoms with E-state index in [9.17, 15) is 4.79 Å². The molecule has 5 heteroatoms. The van der Waals surface area contributed by atoms with Crippen LogP contribution in [0, 0.1) is 0 Å². The molecule has 3 aromatic rings. The maximum Gasteiger partial charge on any atom is 0.259 e. The van der Waals surface area contributed by atoms with Gasteiger partial charge in [0.05, 0.1) is 0 Å². The maximum atomic E-state index is 12.3. The van der Waals surface area contributed by atoms with Gasteiger partial charge < -0.3 is 4.57 Å². The highest BCUT2D eigenvalue weighted by atomic mass is 32.1. The second kappa shape index (κ2) is 5.30. The second-order valence-electron chi connectivity index (χ2n) is 4.32. The fraction of sp³-hybridized carbons (Fsp3) is 0.0667. The maximum absolute atomic E-state index is 12.3. The van der Waals surface area contributed by atoms with Gasteiger partial charge in [0.25, 0.3) is 5.91 Å². The molecule has 1 aromatic carbocycles. The zero-order valence-corrected chi connectivity index (χ0v) is 11.7. The molecular formula is C15H13N3OS. The van der Waals surface area contributed by atoms with Gasteiger partial charge in [0.2, 0.25) is 0 Å². The molecule has 0 N–H and O–H groups in total. The van der Waals surface area contributed by atoms with Crippen molar-refractivity contribution in [2.45, 2.75) is 0 Å². The SMILES string of the molecule is CN(C(=O)c1ccc(-n2cccc2)cc1)c1nccs1. The van der Waals surface area contributed by atoms with Gasteiger partial charge in [0, 0.05) is 42.3 Å². The highest BCUT2D eigenvalue weighted by molar-refractivity contribution is 7.13. The van der Waals surface area contributed by atoms with E-state index in [0.717, 1.165) is 5.69 Å². The Balaban J connectivity index is 1.82. The summed E-state index contributed by atoms with van der Waals surface area (Å²) in [5.41, 5.74) is 1.68. The smallest absolute Gasteiger partial charge is 0.259 e. The van der Waals surface area contributed by atoms with E-state index in [0.29, 0.717) is 10.7 Å². The van der Waals surface area contributed by atoms with Gasteiger partial charge in [-0.1, -0.05) is 0 Å². The van der Waals surface area contributed by atoms with Crippen LogP contribution in [0.5, 0.6) is 0 Å². The summed E-state index contributed by atoms with van der Waals surface area (Å²) < 4.78 is 2.00. The van der Waals surface area contributed by atoms with Crippen LogP contribution >= 0.6 is 11.3 Å². The molecule has 0 spiro atoms. The Morgan fingerprint density at radius 1 is 1.20 bits per heavy atom. The first-order valence-corrected chi connectivity index (χ1v) is 7.04. The molecule has 0 bridgehead atoms. The molecule has 1 amide bonds. The van der Waals surface area contributed by atoms with Crippen molar-refractivity contribution in [1.29, 1.82) is 0 Å². The molecule has 0 aliphatic heterocycles. The topological polar surface area (TPSA) is 38.1 Å². The third kappa shape index (κ3) is 2.35. The minimum Gasteiger partial charge on any atom is -0.324 e. The van der Waals surface area contributed by atoms with Crippen molar-refractivity contribution >= 4 is 22.4 Å². The third-order valence-electron chi connectivity index (χ3n) is 3.03. The van der Waals surface area contributed by atoms with Crippen LogP contribution in [0.2, 0.25) is 0 Å². The molecule has 4 nitrogen and oxygen atoms in total. The van der Waals surface area contributed by atoms with Gasteiger partial charge in [-0.3, -0.25) is 9.69 Å². The van der Waals surface area contributed by atoms with Crippen molar-refractivity contribution in [3.8, 4) is 5.69 Å². The van der Waals surface area contributed by atoms with E-state index in [1.54, 1.807) is 18.1 Å². The molecule has 0 radical (unpaired) electrons. The highest BCUT2D eigenvalue weighted by Gasteiger charge is 2.15. The Morgan fingerprint density at radius 3 is 2.50 bits per heavy atom. The molecular weight excluding hydrogens is 270 g/mol. The second-order valence-corrected chi connectivity index (χ2v) is 5.19. The van der Waals surface area contributed by atoms with Gasteiger partial charge >= 0.3 is 0 Å². The number of amides is 1. The predicted octanol–water partition coefficient (Wildman–Crippen LogP) is 3.21. The van der Waals surface area contributed by atoms with Crippen LogP contribution in [0.3, 0.4) is 0 Å². The van der Waals surface area contributed by atoms with E-state index in [-0.39, 0.29) is 5.91 Å². The van der Waals surface area contributed by atoms with Gasteiger partial charge in [-0.05, 0) is 36.4 Å². The molecule has 0 unspecified atom stereocenters. The number of carbonyl (C=O) groups excluding carboxylic acids is 1. The summed E-state index contributed by atoms with van der Waals surface area (Å²) in [4.78, 5) is 18.0. The third-order valence-corrected chi connectivity index (χ3v) is 3.88. The van der Waals surface area contributed by atoms with Crippen LogP contribution in [0.1, 0.15) is 10.4 Å². The quantitative estimate of drug-likeness (QED) is 0.740. The molecule has 0 aliphatic rings. The van der Waals surface area contributed by atoms with Crippen LogP contribution < -0.4 is 4.90 Å². The lowest BCUT2D eigenvalue weighted by Crippen LogP contribution is -2.25. The van der Waals surface area contributed by atoms with Crippen molar-refractivity contribution in [2.75, 3.05) is 11.9 Å². The Bertz CT molecular complexity index is 687. The lowest BCUT2D eigenvalue weighted by atomic mass is 10.2. The summed E-state index contributed by atoms with van der Waals surface area (Å²) in [5.74, 6) is -0.0565. The Kier molecular flexibility index (Phi) is 3.35. The first-order chi connectivity index (χ1) is 9.75. The zero-order valence-electron chi connectivity index (χ0n) is 10.9. The standard InChI is InChI=1S/C15H13N3OS/c1-17(15-16-8-11-20-15)14(19)12-4-6-13(7-5-12)18-9-2-3-10-18/h2-11H,1H3. The first kappa shape index (κ1) is 12.6. The van der Waals surface area contributed by atoms with Gasteiger partial charge in [-0.15, -0.1) is 11.3 Å². The fourth-order valence-corrected chi connectivity index (χ4v) is 2.55. The summed E-state index contributed by atoms with van der Waals surface area (Å²) in [7, 11) is 1.74. The number of benzene rings is 1. The van der Waals surface area contributed by atoms with E-state index in [4.69, 9.17) is 0 Å². The van der Waals surface area contributed by atoms with E-state index in [2.05, 4.69) is 4.98 Å². The summed E-state index contributed by atoms with van der Waals surface area (Å²) >= 11 is 1.45. The van der Waals surface area contributed by atoms with Crippen molar-refractivity contribution in [3.05, 3.63) is 65.9 Å². The van der Waals surface area contributed by atoms with Crippen molar-refractivity contribution in [2.24, 2.45) is 0 Å². The van der Waals surface area contributed by atoms with E-state index >= 15 is 0 Å². The molecule has 0 aliphatic carbocycles. The average Bonchev–Trinajstić information content (AvgIpc) is 3.18. The zero-order chi connectivity index (χ0) is 13.9. The predicted molar refractivity (Wildman–Crippen MR) is 80.6 cm³/mol. The van der Waals surface area contributed by atoms with Crippen LogP contribution in [0.25, 0.3) is 5.69 Å². The summed E-state index contributed by atoms with van der Waals surface area (Å²) in [5, 5.41) is 2.55. The largest absolute Gasteiger partial charge is 0.324 e. The summed E-state index contributed by atoms with van der Waals surface area (Å²) in [6, 6.07) is 11.5. The number of anilines is 1. The Hall–Kier alpha value is -2.40. The molecule has 0 saturated heterocycles. The van der Waals surface area contributed by atoms with Crippen LogP contribution in [-0.4, -0.2) is 22.5 Å². The summed E-state index contributed by atoms with van der Waals surface area (Å²) in [6.07, 6.45) is 5.63. The molecule has 3 rings (SSSR count). The van der Waals surface area contributed by atoms with Crippen LogP contribution in [0.15, 0.2) is 60.4 Å². The number of rotatable bonds is 3. The Morgan fingerprint density at radius 2 is 1.90 bits per heavy atom. The van der Waals surface area contributed by atoms with E-state index < -0.39 is 0 Å². The lowest BCUT2D eigenvalue weighted by Gasteiger charge is -2.14. The molecule has 0 saturated carbocycles.